The van der Waals surface area contributed by atoms with Crippen molar-refractivity contribution in [3.8, 4) is 0 Å². The van der Waals surface area contributed by atoms with Gasteiger partial charge in [-0.1, -0.05) is 36.4 Å². The van der Waals surface area contributed by atoms with Crippen LogP contribution in [0.1, 0.15) is 18.4 Å². The van der Waals surface area contributed by atoms with Crippen LogP contribution in [0.2, 0.25) is 0 Å². The summed E-state index contributed by atoms with van der Waals surface area (Å²) < 4.78 is 0. The summed E-state index contributed by atoms with van der Waals surface area (Å²) in [5, 5.41) is 9.93. The van der Waals surface area contributed by atoms with E-state index in [1.807, 2.05) is 18.3 Å². The molecule has 2 N–H and O–H groups in total. The van der Waals surface area contributed by atoms with Crippen molar-refractivity contribution in [2.24, 2.45) is 10.1 Å². The lowest BCUT2D eigenvalue weighted by Crippen LogP contribution is -2.33. The first kappa shape index (κ1) is 12.7. The summed E-state index contributed by atoms with van der Waals surface area (Å²) >= 11 is 0. The highest BCUT2D eigenvalue weighted by atomic mass is 15.4. The number of hydrazone groups is 1. The Balaban J connectivity index is 1.69. The highest BCUT2D eigenvalue weighted by Gasteiger charge is 2.00. The molecule has 2 aromatic carbocycles. The van der Waals surface area contributed by atoms with Gasteiger partial charge in [0, 0.05) is 13.1 Å². The van der Waals surface area contributed by atoms with E-state index < -0.39 is 0 Å². The maximum absolute atomic E-state index is 4.38. The topological polar surface area (TPSA) is 48.8 Å². The molecule has 0 spiro atoms. The number of hydrogen-bond donors (Lipinski definition) is 2. The number of benzene rings is 2. The van der Waals surface area contributed by atoms with Gasteiger partial charge in [0.2, 0.25) is 5.96 Å². The summed E-state index contributed by atoms with van der Waals surface area (Å²) in [6.45, 7) is 1.82. The fourth-order valence-electron chi connectivity index (χ4n) is 2.22. The number of hydrogen-bond acceptors (Lipinski definition) is 4. The van der Waals surface area contributed by atoms with Crippen molar-refractivity contribution in [3.63, 3.8) is 0 Å². The Bertz CT molecular complexity index is 646. The van der Waals surface area contributed by atoms with E-state index in [4.69, 9.17) is 0 Å². The van der Waals surface area contributed by atoms with E-state index in [-0.39, 0.29) is 0 Å². The van der Waals surface area contributed by atoms with E-state index in [0.29, 0.717) is 0 Å². The second kappa shape index (κ2) is 6.19. The molecule has 0 fully saturated rings. The Labute approximate surface area is 118 Å². The van der Waals surface area contributed by atoms with Crippen LogP contribution >= 0.6 is 0 Å². The molecule has 0 bridgehead atoms. The molecule has 1 heterocycles. The van der Waals surface area contributed by atoms with E-state index >= 15 is 0 Å². The number of aliphatic imine (C=N–C) groups is 1. The predicted molar refractivity (Wildman–Crippen MR) is 84.2 cm³/mol. The smallest absolute Gasteiger partial charge is 0.212 e. The summed E-state index contributed by atoms with van der Waals surface area (Å²) in [7, 11) is 0. The molecule has 0 aromatic heterocycles. The molecular weight excluding hydrogens is 248 g/mol. The zero-order valence-corrected chi connectivity index (χ0v) is 11.3. The minimum absolute atomic E-state index is 0.763. The lowest BCUT2D eigenvalue weighted by Gasteiger charge is -2.04. The van der Waals surface area contributed by atoms with Crippen molar-refractivity contribution in [2.75, 3.05) is 13.1 Å². The van der Waals surface area contributed by atoms with Crippen LogP contribution in [0, 0.1) is 0 Å². The maximum Gasteiger partial charge on any atom is 0.212 e. The quantitative estimate of drug-likeness (QED) is 0.648. The fraction of sp³-hybridized carbons (Fsp3) is 0.250. The molecule has 102 valence electrons. The molecule has 1 aliphatic rings. The van der Waals surface area contributed by atoms with Crippen LogP contribution in [0.5, 0.6) is 0 Å². The third kappa shape index (κ3) is 3.15. The van der Waals surface area contributed by atoms with Crippen LogP contribution in [-0.4, -0.2) is 25.3 Å². The van der Waals surface area contributed by atoms with Gasteiger partial charge >= 0.3 is 0 Å². The van der Waals surface area contributed by atoms with Crippen LogP contribution in [-0.2, 0) is 0 Å². The molecule has 1 aliphatic heterocycles. The summed E-state index contributed by atoms with van der Waals surface area (Å²) in [4.78, 5) is 4.38. The van der Waals surface area contributed by atoms with Crippen LogP contribution in [0.4, 0.5) is 0 Å². The van der Waals surface area contributed by atoms with E-state index in [0.717, 1.165) is 37.5 Å². The number of rotatable bonds is 2. The van der Waals surface area contributed by atoms with Gasteiger partial charge in [0.15, 0.2) is 0 Å². The van der Waals surface area contributed by atoms with Gasteiger partial charge in [-0.2, -0.15) is 5.10 Å². The van der Waals surface area contributed by atoms with Gasteiger partial charge < -0.3 is 5.32 Å². The molecule has 4 nitrogen and oxygen atoms in total. The minimum atomic E-state index is 0.763. The van der Waals surface area contributed by atoms with E-state index in [1.54, 1.807) is 0 Å². The van der Waals surface area contributed by atoms with Crippen molar-refractivity contribution in [1.82, 2.24) is 10.7 Å². The molecule has 0 atom stereocenters. The molecule has 2 aromatic rings. The van der Waals surface area contributed by atoms with Gasteiger partial charge in [0.25, 0.3) is 0 Å². The molecule has 0 saturated heterocycles. The third-order valence-electron chi connectivity index (χ3n) is 3.30. The molecule has 3 rings (SSSR count). The fourth-order valence-corrected chi connectivity index (χ4v) is 2.22. The Morgan fingerprint density at radius 2 is 2.00 bits per heavy atom. The highest BCUT2D eigenvalue weighted by Crippen LogP contribution is 2.14. The molecule has 0 saturated carbocycles. The summed E-state index contributed by atoms with van der Waals surface area (Å²) in [5.74, 6) is 0.763. The summed E-state index contributed by atoms with van der Waals surface area (Å²) in [5.41, 5.74) is 4.04. The summed E-state index contributed by atoms with van der Waals surface area (Å²) in [6, 6.07) is 14.6. The number of guanidine groups is 1. The Kier molecular flexibility index (Phi) is 3.92. The van der Waals surface area contributed by atoms with Crippen LogP contribution in [0.25, 0.3) is 10.8 Å². The second-order valence-electron chi connectivity index (χ2n) is 4.84. The molecule has 20 heavy (non-hydrogen) atoms. The molecule has 0 amide bonds. The molecule has 4 heteroatoms. The standard InChI is InChI=1S/C16H18N4/c1-2-6-15-11-13(7-8-14(15)5-1)12-19-20-16-17-9-3-4-10-18-16/h1-2,5-8,11-12H,3-4,9-10H2,(H2,17,18,20)/b19-12-. The first-order valence-electron chi connectivity index (χ1n) is 6.98. The van der Waals surface area contributed by atoms with E-state index in [9.17, 15) is 0 Å². The van der Waals surface area contributed by atoms with Crippen molar-refractivity contribution >= 4 is 22.9 Å². The van der Waals surface area contributed by atoms with Gasteiger partial charge in [0.05, 0.1) is 6.21 Å². The lowest BCUT2D eigenvalue weighted by molar-refractivity contribution is 0.745. The molecule has 0 unspecified atom stereocenters. The number of nitrogens with one attached hydrogen (secondary N) is 2. The van der Waals surface area contributed by atoms with E-state index in [2.05, 4.69) is 51.2 Å². The second-order valence-corrected chi connectivity index (χ2v) is 4.84. The Morgan fingerprint density at radius 1 is 1.10 bits per heavy atom. The van der Waals surface area contributed by atoms with Crippen molar-refractivity contribution in [3.05, 3.63) is 48.0 Å². The lowest BCUT2D eigenvalue weighted by atomic mass is 10.1. The molecule has 0 radical (unpaired) electrons. The first-order chi connectivity index (χ1) is 9.92. The zero-order valence-electron chi connectivity index (χ0n) is 11.3. The maximum atomic E-state index is 4.38. The van der Waals surface area contributed by atoms with Crippen LogP contribution in [0.15, 0.2) is 52.6 Å². The van der Waals surface area contributed by atoms with Gasteiger partial charge in [-0.15, -0.1) is 0 Å². The predicted octanol–water partition coefficient (Wildman–Crippen LogP) is 2.50. The normalized spacial score (nSPS) is 15.7. The number of nitrogens with zero attached hydrogens (tertiary/aromatic N) is 2. The van der Waals surface area contributed by atoms with E-state index in [1.165, 1.54) is 10.8 Å². The van der Waals surface area contributed by atoms with Gasteiger partial charge in [-0.25, -0.2) is 5.43 Å². The van der Waals surface area contributed by atoms with Gasteiger partial charge in [0.1, 0.15) is 0 Å². The third-order valence-corrected chi connectivity index (χ3v) is 3.30. The Hall–Kier alpha value is -2.36. The molecular formula is C16H18N4. The zero-order chi connectivity index (χ0) is 13.6. The Morgan fingerprint density at radius 3 is 2.95 bits per heavy atom. The summed E-state index contributed by atoms with van der Waals surface area (Å²) in [6.07, 6.45) is 4.11. The van der Waals surface area contributed by atoms with Crippen molar-refractivity contribution in [1.29, 1.82) is 0 Å². The SMILES string of the molecule is C(=N/NC1=NCCCCN1)/c1ccc2ccccc2c1. The minimum Gasteiger partial charge on any atom is -0.355 e. The van der Waals surface area contributed by atoms with Gasteiger partial charge in [-0.3, -0.25) is 4.99 Å². The van der Waals surface area contributed by atoms with Crippen LogP contribution in [0.3, 0.4) is 0 Å². The monoisotopic (exact) mass is 266 g/mol. The average molecular weight is 266 g/mol. The van der Waals surface area contributed by atoms with Crippen molar-refractivity contribution in [2.45, 2.75) is 12.8 Å². The highest BCUT2D eigenvalue weighted by molar-refractivity contribution is 5.91. The van der Waals surface area contributed by atoms with Gasteiger partial charge in [-0.05, 0) is 35.2 Å². The van der Waals surface area contributed by atoms with Crippen molar-refractivity contribution < 1.29 is 0 Å². The average Bonchev–Trinajstić information content (AvgIpc) is 2.76. The largest absolute Gasteiger partial charge is 0.355 e. The molecule has 0 aliphatic carbocycles. The first-order valence-corrected chi connectivity index (χ1v) is 6.98. The van der Waals surface area contributed by atoms with Crippen LogP contribution < -0.4 is 10.7 Å². The number of fused-ring (bicyclic) bond motifs is 1.